The van der Waals surface area contributed by atoms with Crippen molar-refractivity contribution in [3.8, 4) is 0 Å². The van der Waals surface area contributed by atoms with Gasteiger partial charge in [-0.1, -0.05) is 12.1 Å². The number of ether oxygens (including phenoxy) is 1. The van der Waals surface area contributed by atoms with Crippen LogP contribution in [0.2, 0.25) is 0 Å². The Morgan fingerprint density at radius 1 is 1.15 bits per heavy atom. The Morgan fingerprint density at radius 3 is 2.70 bits per heavy atom. The van der Waals surface area contributed by atoms with Gasteiger partial charge >= 0.3 is 0 Å². The second-order valence-electron chi connectivity index (χ2n) is 7.74. The standard InChI is InChI=1S/C21H26N2O4/c1-27-14-13-22-11-3-9-21(20(22)26)10-4-12-23(21)19(25)17-6-2-5-16-15(17)7-8-18(16)24/h2,5-6H,3-4,7-14H2,1H3. The van der Waals surface area contributed by atoms with Gasteiger partial charge < -0.3 is 14.5 Å². The minimum atomic E-state index is -0.728. The van der Waals surface area contributed by atoms with Crippen molar-refractivity contribution in [2.75, 3.05) is 33.4 Å². The molecule has 3 aliphatic rings. The Bertz CT molecular complexity index is 790. The summed E-state index contributed by atoms with van der Waals surface area (Å²) in [7, 11) is 1.63. The number of carbonyl (C=O) groups is 3. The van der Waals surface area contributed by atoms with E-state index < -0.39 is 5.54 Å². The van der Waals surface area contributed by atoms with Crippen LogP contribution >= 0.6 is 0 Å². The minimum absolute atomic E-state index is 0.0558. The van der Waals surface area contributed by atoms with Gasteiger partial charge in [-0.2, -0.15) is 0 Å². The number of amides is 2. The summed E-state index contributed by atoms with van der Waals surface area (Å²) in [6, 6.07) is 5.40. The summed E-state index contributed by atoms with van der Waals surface area (Å²) >= 11 is 0. The summed E-state index contributed by atoms with van der Waals surface area (Å²) in [6.45, 7) is 2.39. The summed E-state index contributed by atoms with van der Waals surface area (Å²) < 4.78 is 5.14. The fourth-order valence-corrected chi connectivity index (χ4v) is 4.97. The molecule has 2 saturated heterocycles. The lowest BCUT2D eigenvalue weighted by molar-refractivity contribution is -0.146. The SMILES string of the molecule is COCCN1CCCC2(CCCN2C(=O)c2cccc3c2CCC3=O)C1=O. The smallest absolute Gasteiger partial charge is 0.255 e. The van der Waals surface area contributed by atoms with Crippen LogP contribution in [0.1, 0.15) is 58.4 Å². The molecule has 1 atom stereocenters. The third-order valence-electron chi connectivity index (χ3n) is 6.31. The molecule has 1 aromatic carbocycles. The van der Waals surface area contributed by atoms with Crippen LogP contribution < -0.4 is 0 Å². The summed E-state index contributed by atoms with van der Waals surface area (Å²) in [4.78, 5) is 42.5. The Labute approximate surface area is 159 Å². The normalized spacial score (nSPS) is 24.8. The van der Waals surface area contributed by atoms with Crippen molar-refractivity contribution in [1.29, 1.82) is 0 Å². The van der Waals surface area contributed by atoms with E-state index in [4.69, 9.17) is 4.74 Å². The number of benzene rings is 1. The van der Waals surface area contributed by atoms with Crippen LogP contribution in [0.3, 0.4) is 0 Å². The molecule has 1 unspecified atom stereocenters. The highest BCUT2D eigenvalue weighted by molar-refractivity contribution is 6.07. The number of likely N-dealkylation sites (tertiary alicyclic amines) is 2. The number of carbonyl (C=O) groups excluding carboxylic acids is 3. The number of nitrogens with zero attached hydrogens (tertiary/aromatic N) is 2. The third kappa shape index (κ3) is 2.87. The van der Waals surface area contributed by atoms with E-state index in [2.05, 4.69) is 0 Å². The summed E-state index contributed by atoms with van der Waals surface area (Å²) in [5.74, 6) is 0.0663. The molecule has 2 aliphatic heterocycles. The molecule has 0 saturated carbocycles. The molecular formula is C21H26N2O4. The average Bonchev–Trinajstić information content (AvgIpc) is 3.27. The summed E-state index contributed by atoms with van der Waals surface area (Å²) in [6.07, 6.45) is 4.25. The molecule has 1 spiro atoms. The Kier molecular flexibility index (Phi) is 4.76. The third-order valence-corrected chi connectivity index (χ3v) is 6.31. The molecule has 0 bridgehead atoms. The van der Waals surface area contributed by atoms with E-state index in [1.807, 2.05) is 11.0 Å². The number of fused-ring (bicyclic) bond motifs is 1. The van der Waals surface area contributed by atoms with Gasteiger partial charge in [-0.05, 0) is 43.7 Å². The quantitative estimate of drug-likeness (QED) is 0.814. The number of ketones is 1. The van der Waals surface area contributed by atoms with Crippen LogP contribution in [0.4, 0.5) is 0 Å². The first-order valence-electron chi connectivity index (χ1n) is 9.84. The van der Waals surface area contributed by atoms with Gasteiger partial charge in [0.05, 0.1) is 6.61 Å². The molecule has 4 rings (SSSR count). The topological polar surface area (TPSA) is 66.9 Å². The van der Waals surface area contributed by atoms with E-state index in [1.165, 1.54) is 0 Å². The lowest BCUT2D eigenvalue weighted by atomic mass is 9.84. The lowest BCUT2D eigenvalue weighted by Gasteiger charge is -2.44. The van der Waals surface area contributed by atoms with Crippen molar-refractivity contribution in [2.45, 2.75) is 44.1 Å². The van der Waals surface area contributed by atoms with Gasteiger partial charge in [-0.3, -0.25) is 14.4 Å². The first-order chi connectivity index (χ1) is 13.1. The van der Waals surface area contributed by atoms with Crippen molar-refractivity contribution < 1.29 is 19.1 Å². The van der Waals surface area contributed by atoms with Crippen LogP contribution in [-0.2, 0) is 16.0 Å². The van der Waals surface area contributed by atoms with E-state index in [-0.39, 0.29) is 17.6 Å². The lowest BCUT2D eigenvalue weighted by Crippen LogP contribution is -2.61. The fraction of sp³-hybridized carbons (Fsp3) is 0.571. The molecule has 0 radical (unpaired) electrons. The highest BCUT2D eigenvalue weighted by Gasteiger charge is 2.53. The predicted molar refractivity (Wildman–Crippen MR) is 99.8 cm³/mol. The maximum atomic E-state index is 13.5. The minimum Gasteiger partial charge on any atom is -0.383 e. The molecule has 0 N–H and O–H groups in total. The molecule has 6 heteroatoms. The van der Waals surface area contributed by atoms with Gasteiger partial charge in [0.2, 0.25) is 5.91 Å². The maximum Gasteiger partial charge on any atom is 0.255 e. The molecule has 1 aliphatic carbocycles. The molecule has 2 amide bonds. The van der Waals surface area contributed by atoms with E-state index in [1.54, 1.807) is 24.1 Å². The highest BCUT2D eigenvalue weighted by Crippen LogP contribution is 2.40. The average molecular weight is 370 g/mol. The predicted octanol–water partition coefficient (Wildman–Crippen LogP) is 2.06. The Hall–Kier alpha value is -2.21. The number of methoxy groups -OCH3 is 1. The largest absolute Gasteiger partial charge is 0.383 e. The molecule has 2 heterocycles. The van der Waals surface area contributed by atoms with E-state index >= 15 is 0 Å². The fourth-order valence-electron chi connectivity index (χ4n) is 4.97. The molecular weight excluding hydrogens is 344 g/mol. The van der Waals surface area contributed by atoms with Crippen LogP contribution in [0, 0.1) is 0 Å². The molecule has 27 heavy (non-hydrogen) atoms. The second kappa shape index (κ2) is 7.08. The van der Waals surface area contributed by atoms with E-state index in [9.17, 15) is 14.4 Å². The van der Waals surface area contributed by atoms with E-state index in [0.717, 1.165) is 37.8 Å². The number of rotatable bonds is 4. The van der Waals surface area contributed by atoms with Gasteiger partial charge in [-0.25, -0.2) is 0 Å². The van der Waals surface area contributed by atoms with Gasteiger partial charge in [0, 0.05) is 44.3 Å². The van der Waals surface area contributed by atoms with Crippen LogP contribution in [-0.4, -0.2) is 66.3 Å². The number of hydrogen-bond donors (Lipinski definition) is 0. The maximum absolute atomic E-state index is 13.5. The van der Waals surface area contributed by atoms with Gasteiger partial charge in [0.15, 0.2) is 5.78 Å². The monoisotopic (exact) mass is 370 g/mol. The zero-order valence-corrected chi connectivity index (χ0v) is 15.8. The zero-order chi connectivity index (χ0) is 19.0. The molecule has 1 aromatic rings. The van der Waals surface area contributed by atoms with Crippen LogP contribution in [0.5, 0.6) is 0 Å². The molecule has 2 fully saturated rings. The van der Waals surface area contributed by atoms with Crippen molar-refractivity contribution in [1.82, 2.24) is 9.80 Å². The van der Waals surface area contributed by atoms with Crippen molar-refractivity contribution >= 4 is 17.6 Å². The van der Waals surface area contributed by atoms with Gasteiger partial charge in [0.1, 0.15) is 5.54 Å². The summed E-state index contributed by atoms with van der Waals surface area (Å²) in [5.41, 5.74) is 1.40. The molecule has 144 valence electrons. The first kappa shape index (κ1) is 18.2. The highest BCUT2D eigenvalue weighted by atomic mass is 16.5. The Morgan fingerprint density at radius 2 is 1.93 bits per heavy atom. The van der Waals surface area contributed by atoms with Gasteiger partial charge in [0.25, 0.3) is 5.91 Å². The van der Waals surface area contributed by atoms with Crippen molar-refractivity contribution in [3.05, 3.63) is 34.9 Å². The summed E-state index contributed by atoms with van der Waals surface area (Å²) in [5, 5.41) is 0. The van der Waals surface area contributed by atoms with Gasteiger partial charge in [-0.15, -0.1) is 0 Å². The second-order valence-corrected chi connectivity index (χ2v) is 7.74. The zero-order valence-electron chi connectivity index (χ0n) is 15.8. The number of hydrogen-bond acceptors (Lipinski definition) is 4. The van der Waals surface area contributed by atoms with Crippen molar-refractivity contribution in [2.24, 2.45) is 0 Å². The Balaban J connectivity index is 1.65. The van der Waals surface area contributed by atoms with Crippen LogP contribution in [0.15, 0.2) is 18.2 Å². The molecule has 0 aromatic heterocycles. The van der Waals surface area contributed by atoms with Crippen LogP contribution in [0.25, 0.3) is 0 Å². The molecule has 6 nitrogen and oxygen atoms in total. The number of Topliss-reactive ketones (excluding diaryl/α,β-unsaturated/α-hetero) is 1. The number of piperidine rings is 1. The first-order valence-corrected chi connectivity index (χ1v) is 9.84. The van der Waals surface area contributed by atoms with Crippen molar-refractivity contribution in [3.63, 3.8) is 0 Å². The van der Waals surface area contributed by atoms with E-state index in [0.29, 0.717) is 43.7 Å².